The molecule has 17 heavy (non-hydrogen) atoms. The molecular weight excluding hydrogens is 280 g/mol. The number of anilines is 1. The van der Waals surface area contributed by atoms with E-state index in [4.69, 9.17) is 5.73 Å². The highest BCUT2D eigenvalue weighted by atomic mass is 79.9. The van der Waals surface area contributed by atoms with E-state index in [2.05, 4.69) is 36.7 Å². The average Bonchev–Trinajstić information content (AvgIpc) is 2.18. The van der Waals surface area contributed by atoms with Gasteiger partial charge >= 0.3 is 0 Å². The molecule has 0 aliphatic rings. The summed E-state index contributed by atoms with van der Waals surface area (Å²) in [6.07, 6.45) is 0. The highest BCUT2D eigenvalue weighted by Crippen LogP contribution is 2.21. The fourth-order valence-corrected chi connectivity index (χ4v) is 2.06. The number of nitrogens with zero attached hydrogens (tertiary/aromatic N) is 1. The minimum atomic E-state index is -0.0428. The van der Waals surface area contributed by atoms with E-state index in [1.807, 2.05) is 6.07 Å². The number of benzene rings is 1. The smallest absolute Gasteiger partial charge is 0.255 e. The molecule has 3 nitrogen and oxygen atoms in total. The quantitative estimate of drug-likeness (QED) is 0.853. The molecule has 0 bridgehead atoms. The normalized spacial score (nSPS) is 11.4. The Labute approximate surface area is 111 Å². The molecule has 0 saturated heterocycles. The van der Waals surface area contributed by atoms with Crippen molar-refractivity contribution in [3.8, 4) is 0 Å². The van der Waals surface area contributed by atoms with Crippen LogP contribution in [0.25, 0.3) is 0 Å². The maximum absolute atomic E-state index is 12.2. The van der Waals surface area contributed by atoms with Gasteiger partial charge in [-0.1, -0.05) is 36.7 Å². The van der Waals surface area contributed by atoms with Crippen molar-refractivity contribution in [1.82, 2.24) is 4.90 Å². The zero-order valence-corrected chi connectivity index (χ0v) is 12.3. The first kappa shape index (κ1) is 14.0. The van der Waals surface area contributed by atoms with E-state index >= 15 is 0 Å². The molecule has 0 radical (unpaired) electrons. The van der Waals surface area contributed by atoms with E-state index < -0.39 is 0 Å². The Balaban J connectivity index is 2.93. The van der Waals surface area contributed by atoms with E-state index in [1.54, 1.807) is 24.1 Å². The third-order valence-corrected chi connectivity index (χ3v) is 2.80. The maximum atomic E-state index is 12.2. The Hall–Kier alpha value is -1.03. The Morgan fingerprint density at radius 3 is 2.53 bits per heavy atom. The number of hydrogen-bond acceptors (Lipinski definition) is 2. The van der Waals surface area contributed by atoms with Gasteiger partial charge in [-0.15, -0.1) is 0 Å². The molecule has 0 heterocycles. The van der Waals surface area contributed by atoms with Gasteiger partial charge in [0.15, 0.2) is 0 Å². The van der Waals surface area contributed by atoms with Crippen molar-refractivity contribution in [1.29, 1.82) is 0 Å². The number of amides is 1. The van der Waals surface area contributed by atoms with Crippen molar-refractivity contribution in [3.63, 3.8) is 0 Å². The predicted molar refractivity (Wildman–Crippen MR) is 75.0 cm³/mol. The van der Waals surface area contributed by atoms with Crippen molar-refractivity contribution in [3.05, 3.63) is 28.2 Å². The molecule has 0 aliphatic heterocycles. The lowest BCUT2D eigenvalue weighted by Crippen LogP contribution is -2.34. The monoisotopic (exact) mass is 298 g/mol. The average molecular weight is 299 g/mol. The van der Waals surface area contributed by atoms with Gasteiger partial charge in [0.1, 0.15) is 0 Å². The minimum absolute atomic E-state index is 0.0428. The van der Waals surface area contributed by atoms with Gasteiger partial charge in [-0.3, -0.25) is 4.79 Å². The number of rotatable bonds is 2. The number of halogens is 1. The van der Waals surface area contributed by atoms with Crippen LogP contribution in [-0.4, -0.2) is 24.4 Å². The molecule has 0 atom stereocenters. The van der Waals surface area contributed by atoms with Crippen molar-refractivity contribution in [2.24, 2.45) is 5.41 Å². The van der Waals surface area contributed by atoms with Crippen LogP contribution in [0.1, 0.15) is 31.1 Å². The van der Waals surface area contributed by atoms with E-state index in [0.717, 1.165) is 4.47 Å². The summed E-state index contributed by atoms with van der Waals surface area (Å²) in [5.41, 5.74) is 6.96. The molecule has 0 aromatic heterocycles. The van der Waals surface area contributed by atoms with E-state index in [1.165, 1.54) is 0 Å². The molecule has 1 aromatic carbocycles. The molecule has 0 unspecified atom stereocenters. The Morgan fingerprint density at radius 2 is 2.00 bits per heavy atom. The Bertz CT molecular complexity index is 424. The van der Waals surface area contributed by atoms with Gasteiger partial charge in [0.2, 0.25) is 0 Å². The second kappa shape index (κ2) is 5.08. The van der Waals surface area contributed by atoms with E-state index in [-0.39, 0.29) is 11.3 Å². The van der Waals surface area contributed by atoms with Crippen LogP contribution in [0.4, 0.5) is 5.69 Å². The third kappa shape index (κ3) is 4.04. The highest BCUT2D eigenvalue weighted by Gasteiger charge is 2.20. The largest absolute Gasteiger partial charge is 0.398 e. The van der Waals surface area contributed by atoms with Gasteiger partial charge in [0.05, 0.1) is 5.56 Å². The lowest BCUT2D eigenvalue weighted by Gasteiger charge is -2.27. The van der Waals surface area contributed by atoms with Crippen LogP contribution < -0.4 is 5.73 Å². The Kier molecular flexibility index (Phi) is 4.20. The van der Waals surface area contributed by atoms with Crippen molar-refractivity contribution in [2.45, 2.75) is 20.8 Å². The molecule has 0 saturated carbocycles. The SMILES string of the molecule is CN(CC(C)(C)C)C(=O)c1cc(Br)ccc1N. The molecule has 2 N–H and O–H groups in total. The second-order valence-electron chi connectivity index (χ2n) is 5.45. The topological polar surface area (TPSA) is 46.3 Å². The van der Waals surface area contributed by atoms with Gasteiger partial charge in [0.25, 0.3) is 5.91 Å². The van der Waals surface area contributed by atoms with Gasteiger partial charge in [-0.25, -0.2) is 0 Å². The molecule has 94 valence electrons. The molecule has 0 spiro atoms. The lowest BCUT2D eigenvalue weighted by molar-refractivity contribution is 0.0746. The molecule has 1 rings (SSSR count). The summed E-state index contributed by atoms with van der Waals surface area (Å²) in [6.45, 7) is 6.99. The summed E-state index contributed by atoms with van der Waals surface area (Å²) >= 11 is 3.35. The summed E-state index contributed by atoms with van der Waals surface area (Å²) in [5.74, 6) is -0.0428. The maximum Gasteiger partial charge on any atom is 0.255 e. The first-order valence-electron chi connectivity index (χ1n) is 5.51. The van der Waals surface area contributed by atoms with Crippen LogP contribution in [0, 0.1) is 5.41 Å². The zero-order valence-electron chi connectivity index (χ0n) is 10.7. The zero-order chi connectivity index (χ0) is 13.2. The fourth-order valence-electron chi connectivity index (χ4n) is 1.70. The van der Waals surface area contributed by atoms with Crippen LogP contribution in [0.2, 0.25) is 0 Å². The number of nitrogens with two attached hydrogens (primary N) is 1. The number of carbonyl (C=O) groups is 1. The molecule has 0 aliphatic carbocycles. The van der Waals surface area contributed by atoms with Crippen molar-refractivity contribution < 1.29 is 4.79 Å². The summed E-state index contributed by atoms with van der Waals surface area (Å²) < 4.78 is 0.860. The van der Waals surface area contributed by atoms with Crippen LogP contribution in [0.5, 0.6) is 0 Å². The van der Waals surface area contributed by atoms with E-state index in [0.29, 0.717) is 17.8 Å². The fraction of sp³-hybridized carbons (Fsp3) is 0.462. The highest BCUT2D eigenvalue weighted by molar-refractivity contribution is 9.10. The van der Waals surface area contributed by atoms with Crippen molar-refractivity contribution >= 4 is 27.5 Å². The number of carbonyl (C=O) groups excluding carboxylic acids is 1. The predicted octanol–water partition coefficient (Wildman–Crippen LogP) is 3.15. The first-order chi connectivity index (χ1) is 7.70. The summed E-state index contributed by atoms with van der Waals surface area (Å²) in [5, 5.41) is 0. The number of nitrogen functional groups attached to an aromatic ring is 1. The summed E-state index contributed by atoms with van der Waals surface area (Å²) in [6, 6.07) is 5.33. The van der Waals surface area contributed by atoms with E-state index in [9.17, 15) is 4.79 Å². The van der Waals surface area contributed by atoms with Gasteiger partial charge in [-0.2, -0.15) is 0 Å². The van der Waals surface area contributed by atoms with Crippen molar-refractivity contribution in [2.75, 3.05) is 19.3 Å². The number of hydrogen-bond donors (Lipinski definition) is 1. The molecule has 0 fully saturated rings. The first-order valence-corrected chi connectivity index (χ1v) is 6.30. The standard InChI is InChI=1S/C13H19BrN2O/c1-13(2,3)8-16(4)12(17)10-7-9(14)5-6-11(10)15/h5-7H,8,15H2,1-4H3. The molecular formula is C13H19BrN2O. The van der Waals surface area contributed by atoms with Gasteiger partial charge < -0.3 is 10.6 Å². The van der Waals surface area contributed by atoms with Crippen LogP contribution in [0.3, 0.4) is 0 Å². The Morgan fingerprint density at radius 1 is 1.41 bits per heavy atom. The van der Waals surface area contributed by atoms with Crippen LogP contribution >= 0.6 is 15.9 Å². The minimum Gasteiger partial charge on any atom is -0.398 e. The van der Waals surface area contributed by atoms with Gasteiger partial charge in [-0.05, 0) is 23.6 Å². The van der Waals surface area contributed by atoms with Crippen LogP contribution in [-0.2, 0) is 0 Å². The van der Waals surface area contributed by atoms with Crippen LogP contribution in [0.15, 0.2) is 22.7 Å². The molecule has 1 amide bonds. The molecule has 1 aromatic rings. The summed E-state index contributed by atoms with van der Waals surface area (Å²) in [4.78, 5) is 13.9. The molecule has 4 heteroatoms. The van der Waals surface area contributed by atoms with Gasteiger partial charge in [0, 0.05) is 23.8 Å². The third-order valence-electron chi connectivity index (χ3n) is 2.30. The summed E-state index contributed by atoms with van der Waals surface area (Å²) in [7, 11) is 1.80. The lowest BCUT2D eigenvalue weighted by atomic mass is 9.96. The second-order valence-corrected chi connectivity index (χ2v) is 6.37.